The van der Waals surface area contributed by atoms with Crippen LogP contribution in [0, 0.1) is 12.3 Å². The van der Waals surface area contributed by atoms with Gasteiger partial charge in [-0.2, -0.15) is 0 Å². The van der Waals surface area contributed by atoms with Crippen LogP contribution in [0.25, 0.3) is 0 Å². The summed E-state index contributed by atoms with van der Waals surface area (Å²) in [7, 11) is 0. The maximum absolute atomic E-state index is 5.61. The molecule has 3 N–H and O–H groups in total. The van der Waals surface area contributed by atoms with Crippen molar-refractivity contribution >= 4 is 5.69 Å². The molecule has 1 aromatic rings. The lowest BCUT2D eigenvalue weighted by Crippen LogP contribution is -2.09. The maximum atomic E-state index is 5.61. The fraction of sp³-hybridized carbons (Fsp3) is 0.538. The summed E-state index contributed by atoms with van der Waals surface area (Å²) in [5.41, 5.74) is 9.82. The second-order valence-corrected chi connectivity index (χ2v) is 5.24. The number of nitrogens with two attached hydrogens (primary N) is 1. The first-order valence-electron chi connectivity index (χ1n) is 5.59. The summed E-state index contributed by atoms with van der Waals surface area (Å²) >= 11 is 0. The summed E-state index contributed by atoms with van der Waals surface area (Å²) in [6.45, 7) is 7.36. The summed E-state index contributed by atoms with van der Waals surface area (Å²) < 4.78 is 0. The van der Waals surface area contributed by atoms with E-state index < -0.39 is 0 Å². The van der Waals surface area contributed by atoms with Crippen LogP contribution < -0.4 is 11.1 Å². The van der Waals surface area contributed by atoms with Crippen molar-refractivity contribution in [2.75, 3.05) is 5.32 Å². The first-order valence-corrected chi connectivity index (χ1v) is 5.59. The van der Waals surface area contributed by atoms with Gasteiger partial charge in [0.2, 0.25) is 0 Å². The predicted octanol–water partition coefficient (Wildman–Crippen LogP) is 2.66. The highest BCUT2D eigenvalue weighted by atomic mass is 15.0. The molecular weight excluding hydrogens is 184 g/mol. The number of hydrogen-bond acceptors (Lipinski definition) is 2. The van der Waals surface area contributed by atoms with E-state index in [9.17, 15) is 0 Å². The zero-order chi connectivity index (χ0) is 11.1. The average molecular weight is 204 g/mol. The molecular formula is C13H20N2. The molecule has 0 aromatic heterocycles. The number of anilines is 1. The fourth-order valence-corrected chi connectivity index (χ4v) is 1.92. The smallest absolute Gasteiger partial charge is 0.0372 e. The predicted molar refractivity (Wildman–Crippen MR) is 64.9 cm³/mol. The Kier molecular flexibility index (Phi) is 2.47. The van der Waals surface area contributed by atoms with Crippen molar-refractivity contribution < 1.29 is 0 Å². The highest BCUT2D eigenvalue weighted by Gasteiger charge is 2.45. The lowest BCUT2D eigenvalue weighted by Gasteiger charge is -2.12. The molecule has 1 unspecified atom stereocenters. The monoisotopic (exact) mass is 204 g/mol. The van der Waals surface area contributed by atoms with E-state index in [1.807, 2.05) is 0 Å². The molecule has 1 aromatic carbocycles. The lowest BCUT2D eigenvalue weighted by atomic mass is 10.1. The molecule has 1 fully saturated rings. The summed E-state index contributed by atoms with van der Waals surface area (Å²) in [6.07, 6.45) is 1.27. The van der Waals surface area contributed by atoms with Crippen LogP contribution in [0.4, 0.5) is 5.69 Å². The van der Waals surface area contributed by atoms with E-state index in [0.29, 0.717) is 18.0 Å². The summed E-state index contributed by atoms with van der Waals surface area (Å²) in [5.74, 6) is 0. The molecule has 2 nitrogen and oxygen atoms in total. The lowest BCUT2D eigenvalue weighted by molar-refractivity contribution is 0.630. The molecule has 0 radical (unpaired) electrons. The highest BCUT2D eigenvalue weighted by molar-refractivity contribution is 5.54. The molecule has 0 amide bonds. The third-order valence-corrected chi connectivity index (χ3v) is 3.37. The van der Waals surface area contributed by atoms with Crippen LogP contribution in [0.15, 0.2) is 18.2 Å². The van der Waals surface area contributed by atoms with E-state index in [2.05, 4.69) is 44.3 Å². The topological polar surface area (TPSA) is 38.0 Å². The molecule has 1 saturated carbocycles. The van der Waals surface area contributed by atoms with E-state index in [1.54, 1.807) is 0 Å². The van der Waals surface area contributed by atoms with Gasteiger partial charge in [-0.05, 0) is 36.0 Å². The van der Waals surface area contributed by atoms with Crippen molar-refractivity contribution in [3.8, 4) is 0 Å². The van der Waals surface area contributed by atoms with Crippen LogP contribution in [0.3, 0.4) is 0 Å². The first-order chi connectivity index (χ1) is 7.03. The Balaban J connectivity index is 2.09. The first kappa shape index (κ1) is 10.5. The fourth-order valence-electron chi connectivity index (χ4n) is 1.92. The molecule has 82 valence electrons. The Bertz CT molecular complexity index is 369. The molecule has 2 rings (SSSR count). The normalized spacial score (nSPS) is 22.5. The molecule has 2 heteroatoms. The molecule has 0 aliphatic heterocycles. The molecule has 15 heavy (non-hydrogen) atoms. The SMILES string of the molecule is Cc1cc(CN)ccc1NC1CC1(C)C. The maximum Gasteiger partial charge on any atom is 0.0372 e. The van der Waals surface area contributed by atoms with Gasteiger partial charge in [-0.3, -0.25) is 0 Å². The number of aryl methyl sites for hydroxylation is 1. The molecule has 0 saturated heterocycles. The Morgan fingerprint density at radius 2 is 2.13 bits per heavy atom. The van der Waals surface area contributed by atoms with Gasteiger partial charge in [0.15, 0.2) is 0 Å². The van der Waals surface area contributed by atoms with Gasteiger partial charge in [-0.25, -0.2) is 0 Å². The standard InChI is InChI=1S/C13H20N2/c1-9-6-10(8-14)4-5-11(9)15-12-7-13(12,2)3/h4-6,12,15H,7-8,14H2,1-3H3. The van der Waals surface area contributed by atoms with Crippen LogP contribution in [-0.2, 0) is 6.54 Å². The van der Waals surface area contributed by atoms with Crippen molar-refractivity contribution in [1.82, 2.24) is 0 Å². The molecule has 1 atom stereocenters. The van der Waals surface area contributed by atoms with Gasteiger partial charge in [0.25, 0.3) is 0 Å². The molecule has 1 aliphatic carbocycles. The zero-order valence-electron chi connectivity index (χ0n) is 9.80. The van der Waals surface area contributed by atoms with E-state index in [0.717, 1.165) is 0 Å². The van der Waals surface area contributed by atoms with Gasteiger partial charge in [0, 0.05) is 18.3 Å². The van der Waals surface area contributed by atoms with Crippen LogP contribution in [-0.4, -0.2) is 6.04 Å². The van der Waals surface area contributed by atoms with Crippen LogP contribution in [0.1, 0.15) is 31.4 Å². The van der Waals surface area contributed by atoms with Gasteiger partial charge in [-0.1, -0.05) is 26.0 Å². The summed E-state index contributed by atoms with van der Waals surface area (Å²) in [4.78, 5) is 0. The van der Waals surface area contributed by atoms with Crippen molar-refractivity contribution in [1.29, 1.82) is 0 Å². The van der Waals surface area contributed by atoms with Gasteiger partial charge >= 0.3 is 0 Å². The second kappa shape index (κ2) is 3.53. The van der Waals surface area contributed by atoms with Crippen molar-refractivity contribution in [2.45, 2.75) is 39.8 Å². The van der Waals surface area contributed by atoms with E-state index in [4.69, 9.17) is 5.73 Å². The quantitative estimate of drug-likeness (QED) is 0.794. The van der Waals surface area contributed by atoms with Crippen molar-refractivity contribution in [3.63, 3.8) is 0 Å². The third-order valence-electron chi connectivity index (χ3n) is 3.37. The second-order valence-electron chi connectivity index (χ2n) is 5.24. The summed E-state index contributed by atoms with van der Waals surface area (Å²) in [6, 6.07) is 7.05. The van der Waals surface area contributed by atoms with Crippen molar-refractivity contribution in [3.05, 3.63) is 29.3 Å². The molecule has 0 heterocycles. The number of rotatable bonds is 3. The molecule has 0 bridgehead atoms. The van der Waals surface area contributed by atoms with Gasteiger partial charge in [0.05, 0.1) is 0 Å². The highest BCUT2D eigenvalue weighted by Crippen LogP contribution is 2.46. The van der Waals surface area contributed by atoms with Crippen molar-refractivity contribution in [2.24, 2.45) is 11.1 Å². The minimum atomic E-state index is 0.471. The Labute approximate surface area is 91.9 Å². The minimum Gasteiger partial charge on any atom is -0.382 e. The van der Waals surface area contributed by atoms with Gasteiger partial charge < -0.3 is 11.1 Å². The van der Waals surface area contributed by atoms with Crippen LogP contribution in [0.2, 0.25) is 0 Å². The number of nitrogens with one attached hydrogen (secondary N) is 1. The third kappa shape index (κ3) is 2.15. The minimum absolute atomic E-state index is 0.471. The van der Waals surface area contributed by atoms with E-state index in [1.165, 1.54) is 23.2 Å². The average Bonchev–Trinajstić information content (AvgIpc) is 2.77. The largest absolute Gasteiger partial charge is 0.382 e. The number of benzene rings is 1. The Morgan fingerprint density at radius 1 is 1.47 bits per heavy atom. The van der Waals surface area contributed by atoms with E-state index >= 15 is 0 Å². The summed E-state index contributed by atoms with van der Waals surface area (Å²) in [5, 5.41) is 3.58. The molecule has 1 aliphatic rings. The van der Waals surface area contributed by atoms with Crippen LogP contribution in [0.5, 0.6) is 0 Å². The van der Waals surface area contributed by atoms with Gasteiger partial charge in [0.1, 0.15) is 0 Å². The Morgan fingerprint density at radius 3 is 2.60 bits per heavy atom. The van der Waals surface area contributed by atoms with Crippen LogP contribution >= 0.6 is 0 Å². The Hall–Kier alpha value is -1.02. The number of hydrogen-bond donors (Lipinski definition) is 2. The zero-order valence-corrected chi connectivity index (χ0v) is 9.80. The molecule has 0 spiro atoms. The van der Waals surface area contributed by atoms with Gasteiger partial charge in [-0.15, -0.1) is 0 Å². The van der Waals surface area contributed by atoms with E-state index in [-0.39, 0.29) is 0 Å².